The molecule has 0 spiro atoms. The van der Waals surface area contributed by atoms with Crippen LogP contribution in [0.15, 0.2) is 21.6 Å². The van der Waals surface area contributed by atoms with Crippen LogP contribution in [0.2, 0.25) is 0 Å². The summed E-state index contributed by atoms with van der Waals surface area (Å²) in [6.45, 7) is 0.556. The normalized spacial score (nSPS) is 17.7. The van der Waals surface area contributed by atoms with Crippen molar-refractivity contribution in [3.8, 4) is 0 Å². The van der Waals surface area contributed by atoms with Gasteiger partial charge in [0, 0.05) is 6.04 Å². The molecule has 0 radical (unpaired) electrons. The lowest BCUT2D eigenvalue weighted by molar-refractivity contribution is 0.316. The fourth-order valence-corrected chi connectivity index (χ4v) is 1.94. The van der Waals surface area contributed by atoms with E-state index in [4.69, 9.17) is 9.56 Å². The van der Waals surface area contributed by atoms with Crippen molar-refractivity contribution in [2.24, 2.45) is 5.14 Å². The topological polar surface area (TPSA) is 85.3 Å². The first kappa shape index (κ1) is 10.7. The summed E-state index contributed by atoms with van der Waals surface area (Å²) in [7, 11) is -3.71. The van der Waals surface area contributed by atoms with Gasteiger partial charge < -0.3 is 9.73 Å². The van der Waals surface area contributed by atoms with Crippen LogP contribution in [0.5, 0.6) is 0 Å². The molecule has 1 aliphatic rings. The molecular weight excluding hydrogens is 216 g/mol. The second-order valence-corrected chi connectivity index (χ2v) is 5.27. The number of rotatable bonds is 4. The minimum absolute atomic E-state index is 0.173. The molecule has 3 N–H and O–H groups in total. The summed E-state index contributed by atoms with van der Waals surface area (Å²) >= 11 is 0. The Labute approximate surface area is 88.7 Å². The molecule has 2 rings (SSSR count). The van der Waals surface area contributed by atoms with Gasteiger partial charge in [-0.05, 0) is 25.0 Å². The SMILES string of the molecule is NS(=O)(=O)c1ccc(CNC2CCC2)o1. The molecule has 0 aliphatic heterocycles. The molecule has 0 saturated heterocycles. The molecule has 1 heterocycles. The number of hydrogen-bond acceptors (Lipinski definition) is 4. The predicted molar refractivity (Wildman–Crippen MR) is 54.6 cm³/mol. The number of sulfonamides is 1. The molecule has 0 atom stereocenters. The average Bonchev–Trinajstić information content (AvgIpc) is 2.48. The van der Waals surface area contributed by atoms with Gasteiger partial charge in [0.05, 0.1) is 6.54 Å². The first-order valence-electron chi connectivity index (χ1n) is 4.90. The molecule has 6 heteroatoms. The monoisotopic (exact) mass is 230 g/mol. The molecule has 0 unspecified atom stereocenters. The van der Waals surface area contributed by atoms with Gasteiger partial charge in [0.2, 0.25) is 5.09 Å². The standard InChI is InChI=1S/C9H14N2O3S/c10-15(12,13)9-5-4-8(14-9)6-11-7-2-1-3-7/h4-5,7,11H,1-3,6H2,(H2,10,12,13). The van der Waals surface area contributed by atoms with Gasteiger partial charge in [-0.1, -0.05) is 6.42 Å². The number of hydrogen-bond donors (Lipinski definition) is 2. The van der Waals surface area contributed by atoms with Crippen LogP contribution in [0.25, 0.3) is 0 Å². The summed E-state index contributed by atoms with van der Waals surface area (Å²) in [6.07, 6.45) is 3.63. The van der Waals surface area contributed by atoms with E-state index < -0.39 is 10.0 Å². The molecule has 5 nitrogen and oxygen atoms in total. The highest BCUT2D eigenvalue weighted by molar-refractivity contribution is 7.89. The summed E-state index contributed by atoms with van der Waals surface area (Å²) < 4.78 is 26.9. The Hall–Kier alpha value is -0.850. The third-order valence-corrected chi connectivity index (χ3v) is 3.37. The van der Waals surface area contributed by atoms with E-state index >= 15 is 0 Å². The van der Waals surface area contributed by atoms with Gasteiger partial charge in [0.25, 0.3) is 10.0 Å². The van der Waals surface area contributed by atoms with Gasteiger partial charge in [0.1, 0.15) is 5.76 Å². The van der Waals surface area contributed by atoms with Crippen LogP contribution in [0, 0.1) is 0 Å². The van der Waals surface area contributed by atoms with Crippen molar-refractivity contribution < 1.29 is 12.8 Å². The highest BCUT2D eigenvalue weighted by Gasteiger charge is 2.18. The zero-order valence-electron chi connectivity index (χ0n) is 8.27. The Bertz CT molecular complexity index is 434. The molecule has 15 heavy (non-hydrogen) atoms. The van der Waals surface area contributed by atoms with Gasteiger partial charge in [-0.25, -0.2) is 13.6 Å². The van der Waals surface area contributed by atoms with Gasteiger partial charge in [-0.3, -0.25) is 0 Å². The Balaban J connectivity index is 1.95. The quantitative estimate of drug-likeness (QED) is 0.791. The van der Waals surface area contributed by atoms with E-state index in [9.17, 15) is 8.42 Å². The lowest BCUT2D eigenvalue weighted by atomic mass is 9.93. The molecule has 1 saturated carbocycles. The summed E-state index contributed by atoms with van der Waals surface area (Å²) in [4.78, 5) is 0. The third kappa shape index (κ3) is 2.58. The van der Waals surface area contributed by atoms with Crippen LogP contribution in [0.4, 0.5) is 0 Å². The molecule has 1 aliphatic carbocycles. The average molecular weight is 230 g/mol. The first-order valence-corrected chi connectivity index (χ1v) is 6.45. The molecule has 0 bridgehead atoms. The van der Waals surface area contributed by atoms with Crippen LogP contribution in [-0.4, -0.2) is 14.5 Å². The van der Waals surface area contributed by atoms with E-state index in [1.807, 2.05) is 0 Å². The number of nitrogens with two attached hydrogens (primary N) is 1. The Morgan fingerprint density at radius 1 is 1.47 bits per heavy atom. The number of nitrogens with one attached hydrogen (secondary N) is 1. The summed E-state index contributed by atoms with van der Waals surface area (Å²) in [5.41, 5.74) is 0. The molecule has 0 amide bonds. The smallest absolute Gasteiger partial charge is 0.271 e. The molecule has 1 aromatic rings. The van der Waals surface area contributed by atoms with E-state index in [1.54, 1.807) is 6.07 Å². The van der Waals surface area contributed by atoms with Crippen molar-refractivity contribution in [1.29, 1.82) is 0 Å². The maximum absolute atomic E-state index is 10.9. The van der Waals surface area contributed by atoms with Crippen molar-refractivity contribution in [1.82, 2.24) is 5.32 Å². The van der Waals surface area contributed by atoms with E-state index in [0.29, 0.717) is 18.3 Å². The van der Waals surface area contributed by atoms with Crippen molar-refractivity contribution in [3.05, 3.63) is 17.9 Å². The van der Waals surface area contributed by atoms with Gasteiger partial charge >= 0.3 is 0 Å². The van der Waals surface area contributed by atoms with Gasteiger partial charge in [0.15, 0.2) is 0 Å². The van der Waals surface area contributed by atoms with Crippen LogP contribution in [0.1, 0.15) is 25.0 Å². The zero-order chi connectivity index (χ0) is 10.9. The largest absolute Gasteiger partial charge is 0.447 e. The third-order valence-electron chi connectivity index (χ3n) is 2.59. The van der Waals surface area contributed by atoms with Crippen molar-refractivity contribution in [2.75, 3.05) is 0 Å². The zero-order valence-corrected chi connectivity index (χ0v) is 9.09. The Morgan fingerprint density at radius 3 is 2.67 bits per heavy atom. The number of furan rings is 1. The molecule has 0 aromatic carbocycles. The lowest BCUT2D eigenvalue weighted by Crippen LogP contribution is -2.34. The Morgan fingerprint density at radius 2 is 2.20 bits per heavy atom. The second kappa shape index (κ2) is 3.96. The second-order valence-electron chi connectivity index (χ2n) is 3.77. The Kier molecular flexibility index (Phi) is 2.81. The lowest BCUT2D eigenvalue weighted by Gasteiger charge is -2.25. The van der Waals surface area contributed by atoms with E-state index in [1.165, 1.54) is 25.3 Å². The molecule has 1 fully saturated rings. The van der Waals surface area contributed by atoms with Crippen molar-refractivity contribution >= 4 is 10.0 Å². The fourth-order valence-electron chi connectivity index (χ4n) is 1.46. The van der Waals surface area contributed by atoms with E-state index in [0.717, 1.165) is 0 Å². The minimum atomic E-state index is -3.71. The van der Waals surface area contributed by atoms with Crippen LogP contribution < -0.4 is 10.5 Å². The van der Waals surface area contributed by atoms with Gasteiger partial charge in [-0.2, -0.15) is 0 Å². The molecule has 1 aromatic heterocycles. The van der Waals surface area contributed by atoms with Crippen LogP contribution >= 0.6 is 0 Å². The predicted octanol–water partition coefficient (Wildman–Crippen LogP) is 0.569. The molecule has 84 valence electrons. The van der Waals surface area contributed by atoms with Crippen molar-refractivity contribution in [2.45, 2.75) is 36.9 Å². The number of primary sulfonamides is 1. The minimum Gasteiger partial charge on any atom is -0.447 e. The maximum Gasteiger partial charge on any atom is 0.271 e. The fraction of sp³-hybridized carbons (Fsp3) is 0.556. The van der Waals surface area contributed by atoms with Crippen LogP contribution in [-0.2, 0) is 16.6 Å². The van der Waals surface area contributed by atoms with E-state index in [-0.39, 0.29) is 5.09 Å². The highest BCUT2D eigenvalue weighted by Crippen LogP contribution is 2.19. The summed E-state index contributed by atoms with van der Waals surface area (Å²) in [5.74, 6) is 0.603. The highest BCUT2D eigenvalue weighted by atomic mass is 32.2. The van der Waals surface area contributed by atoms with Crippen molar-refractivity contribution in [3.63, 3.8) is 0 Å². The van der Waals surface area contributed by atoms with Gasteiger partial charge in [-0.15, -0.1) is 0 Å². The summed E-state index contributed by atoms with van der Waals surface area (Å²) in [6, 6.07) is 3.56. The van der Waals surface area contributed by atoms with E-state index in [2.05, 4.69) is 5.32 Å². The molecular formula is C9H14N2O3S. The first-order chi connectivity index (χ1) is 7.05. The summed E-state index contributed by atoms with van der Waals surface area (Å²) in [5, 5.41) is 8.02. The maximum atomic E-state index is 10.9. The van der Waals surface area contributed by atoms with Crippen LogP contribution in [0.3, 0.4) is 0 Å².